The van der Waals surface area contributed by atoms with E-state index in [2.05, 4.69) is 25.2 Å². The zero-order valence-electron chi connectivity index (χ0n) is 14.8. The number of rotatable bonds is 3. The zero-order chi connectivity index (χ0) is 18.6. The molecule has 0 radical (unpaired) electrons. The monoisotopic (exact) mass is 363 g/mol. The van der Waals surface area contributed by atoms with Gasteiger partial charge < -0.3 is 15.1 Å². The van der Waals surface area contributed by atoms with E-state index in [0.717, 1.165) is 12.5 Å². The van der Waals surface area contributed by atoms with Crippen LogP contribution in [-0.4, -0.2) is 40.9 Å². The molecule has 1 aromatic rings. The first kappa shape index (κ1) is 17.0. The Kier molecular flexibility index (Phi) is 3.97. The Hall–Kier alpha value is -2.44. The Morgan fingerprint density at radius 3 is 2.85 bits per heavy atom. The summed E-state index contributed by atoms with van der Waals surface area (Å²) >= 11 is 0. The fourth-order valence-corrected chi connectivity index (χ4v) is 4.24. The largest absolute Gasteiger partial charge is 0.334 e. The molecule has 3 amide bonds. The van der Waals surface area contributed by atoms with E-state index in [1.54, 1.807) is 0 Å². The number of nitrogens with one attached hydrogen (secondary N) is 1. The lowest BCUT2D eigenvalue weighted by Gasteiger charge is -2.34. The van der Waals surface area contributed by atoms with Crippen LogP contribution in [0.2, 0.25) is 0 Å². The number of hydrogen-bond acceptors (Lipinski definition) is 2. The minimum absolute atomic E-state index is 0. The summed E-state index contributed by atoms with van der Waals surface area (Å²) in [6, 6.07) is 1.95. The number of hydrogen-bond donors (Lipinski definition) is 1. The number of nitrogens with zero attached hydrogens (tertiary/aromatic N) is 2. The van der Waals surface area contributed by atoms with E-state index < -0.39 is 17.7 Å². The minimum atomic E-state index is -0.981. The zero-order valence-corrected chi connectivity index (χ0v) is 14.8. The number of benzene rings is 1. The van der Waals surface area contributed by atoms with Crippen LogP contribution in [0.3, 0.4) is 0 Å². The van der Waals surface area contributed by atoms with E-state index in [1.165, 1.54) is 16.5 Å². The van der Waals surface area contributed by atoms with Crippen LogP contribution >= 0.6 is 0 Å². The quantitative estimate of drug-likeness (QED) is 0.837. The first-order valence-electron chi connectivity index (χ1n) is 8.89. The molecule has 1 N–H and O–H groups in total. The van der Waals surface area contributed by atoms with Gasteiger partial charge in [-0.3, -0.25) is 4.79 Å². The Morgan fingerprint density at radius 1 is 1.38 bits per heavy atom. The first-order chi connectivity index (χ1) is 12.3. The molecule has 2 bridgehead atoms. The van der Waals surface area contributed by atoms with E-state index in [1.807, 2.05) is 4.90 Å². The summed E-state index contributed by atoms with van der Waals surface area (Å²) in [7, 11) is 0. The van der Waals surface area contributed by atoms with E-state index >= 15 is 0 Å². The Morgan fingerprint density at radius 2 is 2.15 bits per heavy atom. The fourth-order valence-electron chi connectivity index (χ4n) is 4.24. The molecule has 4 rings (SSSR count). The molecule has 2 heterocycles. The third-order valence-electron chi connectivity index (χ3n) is 5.53. The summed E-state index contributed by atoms with van der Waals surface area (Å²) in [5, 5.41) is 2.53. The second-order valence-corrected chi connectivity index (χ2v) is 7.55. The number of fused-ring (bicyclic) bond motifs is 3. The van der Waals surface area contributed by atoms with Gasteiger partial charge in [-0.05, 0) is 36.0 Å². The molecule has 140 valence electrons. The number of urea groups is 1. The Balaban J connectivity index is 0.00000210. The molecule has 2 aliphatic heterocycles. The van der Waals surface area contributed by atoms with E-state index in [-0.39, 0.29) is 37.7 Å². The number of halogens is 2. The van der Waals surface area contributed by atoms with Gasteiger partial charge in [0.15, 0.2) is 11.6 Å². The number of carbonyl (C=O) groups is 2. The Bertz CT molecular complexity index is 827. The molecule has 7 heteroatoms. The summed E-state index contributed by atoms with van der Waals surface area (Å²) in [5.74, 6) is -1.34. The van der Waals surface area contributed by atoms with Crippen LogP contribution in [0.1, 0.15) is 27.3 Å². The number of carbonyl (C=O) groups excluding carboxylic acids is 2. The molecule has 1 fully saturated rings. The number of anilines is 1. The Labute approximate surface area is 152 Å². The second kappa shape index (κ2) is 6.07. The number of amides is 3. The van der Waals surface area contributed by atoms with Crippen molar-refractivity contribution in [2.24, 2.45) is 11.8 Å². The molecule has 0 aromatic heterocycles. The maximum absolute atomic E-state index is 14.0. The van der Waals surface area contributed by atoms with Gasteiger partial charge in [0, 0.05) is 13.5 Å². The van der Waals surface area contributed by atoms with Crippen molar-refractivity contribution >= 4 is 17.6 Å². The van der Waals surface area contributed by atoms with Crippen molar-refractivity contribution in [1.29, 1.82) is 0 Å². The summed E-state index contributed by atoms with van der Waals surface area (Å²) in [4.78, 5) is 28.1. The normalized spacial score (nSPS) is 24.0. The molecule has 0 saturated carbocycles. The molecular weight excluding hydrogens is 340 g/mol. The topological polar surface area (TPSA) is 52.7 Å². The molecule has 1 saturated heterocycles. The third kappa shape index (κ3) is 2.66. The van der Waals surface area contributed by atoms with Crippen LogP contribution < -0.4 is 5.32 Å². The highest BCUT2D eigenvalue weighted by Crippen LogP contribution is 2.40. The number of likely N-dealkylation sites (tertiary alicyclic amines) is 1. The minimum Gasteiger partial charge on any atom is -0.334 e. The van der Waals surface area contributed by atoms with Crippen molar-refractivity contribution in [3.63, 3.8) is 0 Å². The van der Waals surface area contributed by atoms with Crippen LogP contribution in [0.4, 0.5) is 19.3 Å². The van der Waals surface area contributed by atoms with Crippen LogP contribution in [0.25, 0.3) is 0 Å². The van der Waals surface area contributed by atoms with Crippen LogP contribution in [-0.2, 0) is 11.3 Å². The van der Waals surface area contributed by atoms with Crippen molar-refractivity contribution in [3.8, 4) is 0 Å². The first-order valence-corrected chi connectivity index (χ1v) is 8.89. The lowest BCUT2D eigenvalue weighted by atomic mass is 9.97. The van der Waals surface area contributed by atoms with E-state index in [9.17, 15) is 18.4 Å². The van der Waals surface area contributed by atoms with Crippen molar-refractivity contribution in [2.45, 2.75) is 32.9 Å². The molecular formula is C19H23F2N3O2. The standard InChI is InChI=1S/C19H21F2N3O2.H2/c1-10(2)12-5-11-6-16(12)24(7-11)17(25)9-23-8-13-15(22-19(23)26)4-3-14(20)18(13)21;/h3-5,10-11,16H,6-9H2,1-2H3,(H,22,26);1H/t11?,16-;/m1./s1. The third-order valence-corrected chi connectivity index (χ3v) is 5.53. The average Bonchev–Trinajstić information content (AvgIpc) is 3.20. The van der Waals surface area contributed by atoms with Gasteiger partial charge in [0.1, 0.15) is 6.54 Å². The van der Waals surface area contributed by atoms with Gasteiger partial charge in [-0.2, -0.15) is 0 Å². The van der Waals surface area contributed by atoms with Gasteiger partial charge in [0.2, 0.25) is 5.91 Å². The van der Waals surface area contributed by atoms with Crippen molar-refractivity contribution in [3.05, 3.63) is 41.0 Å². The molecule has 2 atom stereocenters. The van der Waals surface area contributed by atoms with E-state index in [0.29, 0.717) is 18.4 Å². The maximum atomic E-state index is 14.0. The van der Waals surface area contributed by atoms with E-state index in [4.69, 9.17) is 0 Å². The van der Waals surface area contributed by atoms with Gasteiger partial charge >= 0.3 is 6.03 Å². The lowest BCUT2D eigenvalue weighted by molar-refractivity contribution is -0.132. The van der Waals surface area contributed by atoms with Gasteiger partial charge in [-0.15, -0.1) is 0 Å². The van der Waals surface area contributed by atoms with Crippen LogP contribution in [0.15, 0.2) is 23.8 Å². The molecule has 1 unspecified atom stereocenters. The predicted molar refractivity (Wildman–Crippen MR) is 94.4 cm³/mol. The molecule has 26 heavy (non-hydrogen) atoms. The van der Waals surface area contributed by atoms with Crippen molar-refractivity contribution < 1.29 is 19.8 Å². The summed E-state index contributed by atoms with van der Waals surface area (Å²) in [6.07, 6.45) is 3.20. The van der Waals surface area contributed by atoms with Gasteiger partial charge in [0.25, 0.3) is 0 Å². The summed E-state index contributed by atoms with van der Waals surface area (Å²) in [5.41, 5.74) is 1.60. The smallest absolute Gasteiger partial charge is 0.322 e. The van der Waals surface area contributed by atoms with Gasteiger partial charge in [0.05, 0.1) is 18.3 Å². The summed E-state index contributed by atoms with van der Waals surface area (Å²) < 4.78 is 27.5. The van der Waals surface area contributed by atoms with Gasteiger partial charge in [-0.25, -0.2) is 13.6 Å². The predicted octanol–water partition coefficient (Wildman–Crippen LogP) is 3.37. The average molecular weight is 363 g/mol. The molecule has 0 spiro atoms. The second-order valence-electron chi connectivity index (χ2n) is 7.55. The molecule has 5 nitrogen and oxygen atoms in total. The molecule has 3 aliphatic rings. The van der Waals surface area contributed by atoms with Crippen LogP contribution in [0, 0.1) is 23.5 Å². The lowest BCUT2D eigenvalue weighted by Crippen LogP contribution is -2.48. The fraction of sp³-hybridized carbons (Fsp3) is 0.474. The molecule has 1 aromatic carbocycles. The van der Waals surface area contributed by atoms with Crippen LogP contribution in [0.5, 0.6) is 0 Å². The van der Waals surface area contributed by atoms with Crippen molar-refractivity contribution in [2.75, 3.05) is 18.4 Å². The SMILES string of the molecule is CC(C)C1=CC2C[C@H]1N(C(=O)CN1Cc3c(ccc(F)c3F)NC1=O)C2.[HH]. The highest BCUT2D eigenvalue weighted by molar-refractivity contribution is 5.95. The summed E-state index contributed by atoms with van der Waals surface area (Å²) in [6.45, 7) is 4.62. The maximum Gasteiger partial charge on any atom is 0.322 e. The van der Waals surface area contributed by atoms with Crippen molar-refractivity contribution in [1.82, 2.24) is 9.80 Å². The molecule has 1 aliphatic carbocycles. The van der Waals surface area contributed by atoms with Gasteiger partial charge in [-0.1, -0.05) is 19.9 Å². The highest BCUT2D eigenvalue weighted by Gasteiger charge is 2.42. The highest BCUT2D eigenvalue weighted by atomic mass is 19.2.